The van der Waals surface area contributed by atoms with E-state index in [1.165, 1.54) is 0 Å². The van der Waals surface area contributed by atoms with E-state index in [0.717, 1.165) is 5.56 Å². The number of hydrogen-bond acceptors (Lipinski definition) is 5. The fourth-order valence-corrected chi connectivity index (χ4v) is 2.33. The Hall–Kier alpha value is -3.35. The Morgan fingerprint density at radius 2 is 1.74 bits per heavy atom. The van der Waals surface area contributed by atoms with Crippen molar-refractivity contribution < 1.29 is 29.0 Å². The number of aliphatic carboxylic acids is 1. The van der Waals surface area contributed by atoms with E-state index in [9.17, 15) is 14.4 Å². The summed E-state index contributed by atoms with van der Waals surface area (Å²) < 4.78 is 10.1. The zero-order valence-electron chi connectivity index (χ0n) is 14.9. The van der Waals surface area contributed by atoms with Gasteiger partial charge in [0.2, 0.25) is 5.91 Å². The van der Waals surface area contributed by atoms with Gasteiger partial charge in [-0.3, -0.25) is 9.59 Å². The van der Waals surface area contributed by atoms with Crippen molar-refractivity contribution in [3.63, 3.8) is 0 Å². The number of rotatable bonds is 10. The molecule has 0 saturated heterocycles. The molecule has 0 unspecified atom stereocenters. The first-order chi connectivity index (χ1) is 13.0. The van der Waals surface area contributed by atoms with Crippen LogP contribution in [-0.4, -0.2) is 36.5 Å². The number of carboxylic acids is 1. The molecule has 2 rings (SSSR count). The van der Waals surface area contributed by atoms with E-state index in [4.69, 9.17) is 14.6 Å². The lowest BCUT2D eigenvalue weighted by Gasteiger charge is -2.08. The second kappa shape index (κ2) is 9.96. The minimum absolute atomic E-state index is 0.0834. The zero-order chi connectivity index (χ0) is 19.6. The second-order valence-corrected chi connectivity index (χ2v) is 5.76. The van der Waals surface area contributed by atoms with Crippen LogP contribution in [0.4, 0.5) is 0 Å². The molecule has 0 saturated carbocycles. The van der Waals surface area contributed by atoms with E-state index in [2.05, 4.69) is 5.32 Å². The van der Waals surface area contributed by atoms with Crippen LogP contribution in [0.3, 0.4) is 0 Å². The quantitative estimate of drug-likeness (QED) is 0.622. The van der Waals surface area contributed by atoms with Crippen molar-refractivity contribution in [2.75, 3.05) is 13.7 Å². The van der Waals surface area contributed by atoms with Gasteiger partial charge in [-0.25, -0.2) is 4.79 Å². The SMILES string of the molecule is COc1ccc(C(=O)CCC(=O)NCc2cccc(OCC(=O)O)c2)cc1. The summed E-state index contributed by atoms with van der Waals surface area (Å²) in [6, 6.07) is 13.5. The number of ketones is 1. The van der Waals surface area contributed by atoms with Crippen LogP contribution < -0.4 is 14.8 Å². The molecule has 0 aliphatic carbocycles. The Labute approximate surface area is 156 Å². The van der Waals surface area contributed by atoms with Crippen molar-refractivity contribution in [1.82, 2.24) is 5.32 Å². The highest BCUT2D eigenvalue weighted by Crippen LogP contribution is 2.14. The van der Waals surface area contributed by atoms with Gasteiger partial charge in [-0.05, 0) is 42.0 Å². The van der Waals surface area contributed by atoms with Crippen LogP contribution >= 0.6 is 0 Å². The molecule has 0 aliphatic rings. The molecule has 7 heteroatoms. The molecule has 2 aromatic carbocycles. The summed E-state index contributed by atoms with van der Waals surface area (Å²) in [5.74, 6) is -0.335. The third kappa shape index (κ3) is 6.81. The molecular weight excluding hydrogens is 350 g/mol. The lowest BCUT2D eigenvalue weighted by molar-refractivity contribution is -0.139. The van der Waals surface area contributed by atoms with E-state index in [1.54, 1.807) is 55.6 Å². The van der Waals surface area contributed by atoms with Gasteiger partial charge in [0.25, 0.3) is 0 Å². The number of ether oxygens (including phenoxy) is 2. The average molecular weight is 371 g/mol. The number of methoxy groups -OCH3 is 1. The highest BCUT2D eigenvalue weighted by Gasteiger charge is 2.10. The number of nitrogens with one attached hydrogen (secondary N) is 1. The van der Waals surface area contributed by atoms with Crippen LogP contribution in [0, 0.1) is 0 Å². The summed E-state index contributed by atoms with van der Waals surface area (Å²) in [7, 11) is 1.55. The van der Waals surface area contributed by atoms with Gasteiger partial charge in [0, 0.05) is 24.9 Å². The summed E-state index contributed by atoms with van der Waals surface area (Å²) in [5, 5.41) is 11.3. The summed E-state index contributed by atoms with van der Waals surface area (Å²) in [5.41, 5.74) is 1.31. The van der Waals surface area contributed by atoms with Gasteiger partial charge in [0.15, 0.2) is 12.4 Å². The number of carbonyl (C=O) groups excluding carboxylic acids is 2. The van der Waals surface area contributed by atoms with Crippen molar-refractivity contribution in [2.45, 2.75) is 19.4 Å². The molecule has 2 aromatic rings. The number of amides is 1. The summed E-state index contributed by atoms with van der Waals surface area (Å²) in [4.78, 5) is 34.6. The lowest BCUT2D eigenvalue weighted by atomic mass is 10.1. The monoisotopic (exact) mass is 371 g/mol. The van der Waals surface area contributed by atoms with E-state index in [1.807, 2.05) is 0 Å². The Morgan fingerprint density at radius 3 is 2.41 bits per heavy atom. The van der Waals surface area contributed by atoms with Crippen LogP contribution in [-0.2, 0) is 16.1 Å². The molecule has 0 atom stereocenters. The fourth-order valence-electron chi connectivity index (χ4n) is 2.33. The third-order valence-electron chi connectivity index (χ3n) is 3.74. The Kier molecular flexibility index (Phi) is 7.37. The largest absolute Gasteiger partial charge is 0.497 e. The number of carbonyl (C=O) groups is 3. The average Bonchev–Trinajstić information content (AvgIpc) is 2.69. The van der Waals surface area contributed by atoms with Gasteiger partial charge < -0.3 is 19.9 Å². The molecule has 0 bridgehead atoms. The van der Waals surface area contributed by atoms with Gasteiger partial charge in [0.05, 0.1) is 7.11 Å². The standard InChI is InChI=1S/C20H21NO6/c1-26-16-7-5-15(6-8-16)18(22)9-10-19(23)21-12-14-3-2-4-17(11-14)27-13-20(24)25/h2-8,11H,9-10,12-13H2,1H3,(H,21,23)(H,24,25). The molecule has 1 amide bonds. The molecule has 0 spiro atoms. The maximum atomic E-state index is 12.1. The molecule has 0 aromatic heterocycles. The van der Waals surface area contributed by atoms with Crippen LogP contribution in [0.1, 0.15) is 28.8 Å². The Bertz CT molecular complexity index is 800. The smallest absolute Gasteiger partial charge is 0.341 e. The first-order valence-electron chi connectivity index (χ1n) is 8.35. The summed E-state index contributed by atoms with van der Waals surface area (Å²) in [6.07, 6.45) is 0.194. The van der Waals surface area contributed by atoms with Crippen molar-refractivity contribution in [3.05, 3.63) is 59.7 Å². The molecule has 0 radical (unpaired) electrons. The first-order valence-corrected chi connectivity index (χ1v) is 8.35. The fraction of sp³-hybridized carbons (Fsp3) is 0.250. The van der Waals surface area contributed by atoms with Crippen molar-refractivity contribution >= 4 is 17.7 Å². The Morgan fingerprint density at radius 1 is 1.00 bits per heavy atom. The van der Waals surface area contributed by atoms with E-state index < -0.39 is 12.6 Å². The Balaban J connectivity index is 1.77. The minimum Gasteiger partial charge on any atom is -0.497 e. The van der Waals surface area contributed by atoms with Crippen molar-refractivity contribution in [1.29, 1.82) is 0 Å². The van der Waals surface area contributed by atoms with Crippen LogP contribution in [0.15, 0.2) is 48.5 Å². The highest BCUT2D eigenvalue weighted by atomic mass is 16.5. The van der Waals surface area contributed by atoms with Gasteiger partial charge in [-0.2, -0.15) is 0 Å². The van der Waals surface area contributed by atoms with E-state index in [-0.39, 0.29) is 31.1 Å². The number of Topliss-reactive ketones (excluding diaryl/α,β-unsaturated/α-hetero) is 1. The van der Waals surface area contributed by atoms with Crippen LogP contribution in [0.2, 0.25) is 0 Å². The van der Waals surface area contributed by atoms with Gasteiger partial charge in [0.1, 0.15) is 11.5 Å². The maximum absolute atomic E-state index is 12.1. The van der Waals surface area contributed by atoms with Gasteiger partial charge in [-0.1, -0.05) is 12.1 Å². The van der Waals surface area contributed by atoms with Crippen molar-refractivity contribution in [2.24, 2.45) is 0 Å². The molecular formula is C20H21NO6. The normalized spacial score (nSPS) is 10.1. The van der Waals surface area contributed by atoms with Gasteiger partial charge >= 0.3 is 5.97 Å². The summed E-state index contributed by atoms with van der Waals surface area (Å²) >= 11 is 0. The van der Waals surface area contributed by atoms with Crippen molar-refractivity contribution in [3.8, 4) is 11.5 Å². The topological polar surface area (TPSA) is 102 Å². The van der Waals surface area contributed by atoms with E-state index >= 15 is 0 Å². The molecule has 0 aliphatic heterocycles. The molecule has 27 heavy (non-hydrogen) atoms. The van der Waals surface area contributed by atoms with Crippen LogP contribution in [0.5, 0.6) is 11.5 Å². The van der Waals surface area contributed by atoms with Crippen LogP contribution in [0.25, 0.3) is 0 Å². The number of carboxylic acid groups (broad SMARTS) is 1. The lowest BCUT2D eigenvalue weighted by Crippen LogP contribution is -2.23. The van der Waals surface area contributed by atoms with E-state index in [0.29, 0.717) is 17.1 Å². The molecule has 2 N–H and O–H groups in total. The molecule has 0 fully saturated rings. The van der Waals surface area contributed by atoms with Gasteiger partial charge in [-0.15, -0.1) is 0 Å². The third-order valence-corrected chi connectivity index (χ3v) is 3.74. The number of benzene rings is 2. The predicted octanol–water partition coefficient (Wildman–Crippen LogP) is 2.44. The highest BCUT2D eigenvalue weighted by molar-refractivity contribution is 5.98. The first kappa shape index (κ1) is 20.0. The number of hydrogen-bond donors (Lipinski definition) is 2. The second-order valence-electron chi connectivity index (χ2n) is 5.76. The molecule has 0 heterocycles. The summed E-state index contributed by atoms with van der Waals surface area (Å²) in [6.45, 7) is -0.164. The maximum Gasteiger partial charge on any atom is 0.341 e. The zero-order valence-corrected chi connectivity index (χ0v) is 14.9. The predicted molar refractivity (Wildman–Crippen MR) is 98.0 cm³/mol. The minimum atomic E-state index is -1.06. The molecule has 7 nitrogen and oxygen atoms in total. The molecule has 142 valence electrons.